The smallest absolute Gasteiger partial charge is 0.453 e. The lowest BCUT2D eigenvalue weighted by Gasteiger charge is -2.26. The van der Waals surface area contributed by atoms with E-state index in [4.69, 9.17) is 9.47 Å². The van der Waals surface area contributed by atoms with Crippen molar-refractivity contribution < 1.29 is 36.2 Å². The number of benzene rings is 1. The summed E-state index contributed by atoms with van der Waals surface area (Å²) in [5.41, 5.74) is 0. The average Bonchev–Trinajstić information content (AvgIpc) is 2.44. The van der Waals surface area contributed by atoms with Crippen LogP contribution in [0.15, 0.2) is 24.3 Å². The Morgan fingerprint density at radius 2 is 1.73 bits per heavy atom. The molecule has 0 bridgehead atoms. The highest BCUT2D eigenvalue weighted by Gasteiger charge is 2.60. The standard InChI is InChI=1S/C13H14F5NO3/c1-8(12(14,15)13(16,17)18)7-21-9-5-3-4-6-10(9)22-11(20)19-2/h3-6,8H,7H2,1-2H3,(H,19,20). The number of hydrogen-bond acceptors (Lipinski definition) is 3. The van der Waals surface area contributed by atoms with Crippen molar-refractivity contribution >= 4 is 6.09 Å². The number of rotatable bonds is 5. The van der Waals surface area contributed by atoms with Crippen molar-refractivity contribution in [1.82, 2.24) is 5.32 Å². The van der Waals surface area contributed by atoms with Gasteiger partial charge in [0.15, 0.2) is 11.5 Å². The molecule has 0 radical (unpaired) electrons. The van der Waals surface area contributed by atoms with Gasteiger partial charge in [-0.3, -0.25) is 0 Å². The van der Waals surface area contributed by atoms with E-state index in [-0.39, 0.29) is 11.5 Å². The third-order valence-electron chi connectivity index (χ3n) is 2.74. The molecule has 22 heavy (non-hydrogen) atoms. The highest BCUT2D eigenvalue weighted by Crippen LogP contribution is 2.41. The quantitative estimate of drug-likeness (QED) is 0.840. The number of nitrogens with one attached hydrogen (secondary N) is 1. The van der Waals surface area contributed by atoms with Gasteiger partial charge in [-0.2, -0.15) is 22.0 Å². The molecule has 1 aromatic rings. The van der Waals surface area contributed by atoms with E-state index < -0.39 is 30.7 Å². The molecule has 0 spiro atoms. The Labute approximate surface area is 123 Å². The number of ether oxygens (including phenoxy) is 2. The van der Waals surface area contributed by atoms with Crippen molar-refractivity contribution in [2.45, 2.75) is 19.0 Å². The van der Waals surface area contributed by atoms with Crippen LogP contribution in [0.1, 0.15) is 6.92 Å². The normalized spacial score (nSPS) is 13.4. The van der Waals surface area contributed by atoms with E-state index in [1.54, 1.807) is 0 Å². The molecule has 1 amide bonds. The Kier molecular flexibility index (Phi) is 5.56. The Morgan fingerprint density at radius 1 is 1.18 bits per heavy atom. The van der Waals surface area contributed by atoms with Crippen molar-refractivity contribution in [3.8, 4) is 11.5 Å². The van der Waals surface area contributed by atoms with Crippen molar-refractivity contribution in [3.05, 3.63) is 24.3 Å². The van der Waals surface area contributed by atoms with Gasteiger partial charge in [0.05, 0.1) is 12.5 Å². The molecule has 1 N–H and O–H groups in total. The molecule has 0 saturated heterocycles. The summed E-state index contributed by atoms with van der Waals surface area (Å²) in [6.45, 7) is -0.184. The SMILES string of the molecule is CNC(=O)Oc1ccccc1OCC(C)C(F)(F)C(F)(F)F. The second-order valence-electron chi connectivity index (χ2n) is 4.42. The number of hydrogen-bond donors (Lipinski definition) is 1. The summed E-state index contributed by atoms with van der Waals surface area (Å²) >= 11 is 0. The van der Waals surface area contributed by atoms with Gasteiger partial charge in [0, 0.05) is 7.05 Å². The number of carbonyl (C=O) groups is 1. The van der Waals surface area contributed by atoms with Gasteiger partial charge in [-0.15, -0.1) is 0 Å². The fourth-order valence-corrected chi connectivity index (χ4v) is 1.40. The summed E-state index contributed by atoms with van der Waals surface area (Å²) < 4.78 is 72.6. The second-order valence-corrected chi connectivity index (χ2v) is 4.42. The lowest BCUT2D eigenvalue weighted by Crippen LogP contribution is -2.44. The third kappa shape index (κ3) is 4.22. The molecule has 0 aliphatic rings. The first-order valence-electron chi connectivity index (χ1n) is 6.15. The fraction of sp³-hybridized carbons (Fsp3) is 0.462. The summed E-state index contributed by atoms with van der Waals surface area (Å²) in [4.78, 5) is 11.1. The Bertz CT molecular complexity index is 519. The van der Waals surface area contributed by atoms with Crippen LogP contribution < -0.4 is 14.8 Å². The minimum Gasteiger partial charge on any atom is -0.489 e. The van der Waals surface area contributed by atoms with E-state index in [1.165, 1.54) is 31.3 Å². The Morgan fingerprint density at radius 3 is 2.23 bits per heavy atom. The molecular formula is C13H14F5NO3. The summed E-state index contributed by atoms with van der Waals surface area (Å²) in [5.74, 6) is -7.20. The molecular weight excluding hydrogens is 313 g/mol. The van der Waals surface area contributed by atoms with Crippen molar-refractivity contribution in [3.63, 3.8) is 0 Å². The van der Waals surface area contributed by atoms with Crippen LogP contribution in [0.5, 0.6) is 11.5 Å². The number of carbonyl (C=O) groups excluding carboxylic acids is 1. The molecule has 9 heteroatoms. The molecule has 4 nitrogen and oxygen atoms in total. The molecule has 1 rings (SSSR count). The van der Waals surface area contributed by atoms with Crippen LogP contribution in [0.25, 0.3) is 0 Å². The number of alkyl halides is 5. The van der Waals surface area contributed by atoms with Gasteiger partial charge in [0.25, 0.3) is 0 Å². The largest absolute Gasteiger partial charge is 0.489 e. The molecule has 0 saturated carbocycles. The number of amides is 1. The zero-order valence-corrected chi connectivity index (χ0v) is 11.7. The van der Waals surface area contributed by atoms with E-state index in [0.717, 1.165) is 6.92 Å². The minimum atomic E-state index is -5.66. The van der Waals surface area contributed by atoms with Crippen LogP contribution in [0.3, 0.4) is 0 Å². The van der Waals surface area contributed by atoms with Crippen LogP contribution in [0, 0.1) is 5.92 Å². The fourth-order valence-electron chi connectivity index (χ4n) is 1.40. The molecule has 0 aliphatic heterocycles. The van der Waals surface area contributed by atoms with Gasteiger partial charge in [-0.05, 0) is 12.1 Å². The molecule has 0 heterocycles. The minimum absolute atomic E-state index is 0.0932. The first kappa shape index (κ1) is 18.0. The van der Waals surface area contributed by atoms with Crippen LogP contribution in [0.4, 0.5) is 26.7 Å². The highest BCUT2D eigenvalue weighted by atomic mass is 19.4. The number of halogens is 5. The van der Waals surface area contributed by atoms with Gasteiger partial charge in [-0.25, -0.2) is 4.79 Å². The topological polar surface area (TPSA) is 47.6 Å². The molecule has 124 valence electrons. The third-order valence-corrected chi connectivity index (χ3v) is 2.74. The lowest BCUT2D eigenvalue weighted by molar-refractivity contribution is -0.302. The summed E-state index contributed by atoms with van der Waals surface area (Å²) in [5, 5.41) is 2.16. The average molecular weight is 327 g/mol. The van der Waals surface area contributed by atoms with E-state index >= 15 is 0 Å². The highest BCUT2D eigenvalue weighted by molar-refractivity contribution is 5.70. The maximum atomic E-state index is 13.1. The van der Waals surface area contributed by atoms with Gasteiger partial charge >= 0.3 is 18.2 Å². The summed E-state index contributed by atoms with van der Waals surface area (Å²) in [6.07, 6.45) is -6.49. The van der Waals surface area contributed by atoms with E-state index in [1.807, 2.05) is 0 Å². The van der Waals surface area contributed by atoms with Crippen molar-refractivity contribution in [1.29, 1.82) is 0 Å². The van der Waals surface area contributed by atoms with Gasteiger partial charge in [0.1, 0.15) is 0 Å². The van der Waals surface area contributed by atoms with E-state index in [2.05, 4.69) is 5.32 Å². The molecule has 0 aromatic heterocycles. The first-order valence-corrected chi connectivity index (χ1v) is 6.15. The van der Waals surface area contributed by atoms with Crippen molar-refractivity contribution in [2.75, 3.05) is 13.7 Å². The van der Waals surface area contributed by atoms with Gasteiger partial charge < -0.3 is 14.8 Å². The predicted octanol–water partition coefficient (Wildman–Crippen LogP) is 3.62. The molecule has 1 atom stereocenters. The molecule has 1 aromatic carbocycles. The zero-order valence-electron chi connectivity index (χ0n) is 11.7. The van der Waals surface area contributed by atoms with Crippen LogP contribution >= 0.6 is 0 Å². The van der Waals surface area contributed by atoms with E-state index in [9.17, 15) is 26.7 Å². The molecule has 1 unspecified atom stereocenters. The number of para-hydroxylation sites is 2. The van der Waals surface area contributed by atoms with Crippen LogP contribution in [-0.2, 0) is 0 Å². The maximum absolute atomic E-state index is 13.1. The summed E-state index contributed by atoms with van der Waals surface area (Å²) in [7, 11) is 1.30. The Balaban J connectivity index is 2.78. The Hall–Kier alpha value is -2.06. The molecule has 0 fully saturated rings. The van der Waals surface area contributed by atoms with E-state index in [0.29, 0.717) is 0 Å². The molecule has 0 aliphatic carbocycles. The zero-order chi connectivity index (χ0) is 17.0. The van der Waals surface area contributed by atoms with Crippen LogP contribution in [-0.4, -0.2) is 31.8 Å². The first-order chi connectivity index (χ1) is 10.1. The van der Waals surface area contributed by atoms with Gasteiger partial charge in [0.2, 0.25) is 0 Å². The van der Waals surface area contributed by atoms with Gasteiger partial charge in [-0.1, -0.05) is 19.1 Å². The monoisotopic (exact) mass is 327 g/mol. The predicted molar refractivity (Wildman–Crippen MR) is 67.2 cm³/mol. The summed E-state index contributed by atoms with van der Waals surface area (Å²) in [6, 6.07) is 5.55. The lowest BCUT2D eigenvalue weighted by atomic mass is 10.0. The van der Waals surface area contributed by atoms with Crippen LogP contribution in [0.2, 0.25) is 0 Å². The second kappa shape index (κ2) is 6.80. The van der Waals surface area contributed by atoms with Crippen molar-refractivity contribution in [2.24, 2.45) is 5.92 Å². The maximum Gasteiger partial charge on any atom is 0.453 e.